The minimum atomic E-state index is -3.70. The van der Waals surface area contributed by atoms with Crippen molar-refractivity contribution in [3.05, 3.63) is 58.7 Å². The molecule has 30 heavy (non-hydrogen) atoms. The van der Waals surface area contributed by atoms with E-state index in [9.17, 15) is 13.2 Å². The number of nitrogens with zero attached hydrogens (tertiary/aromatic N) is 4. The smallest absolute Gasteiger partial charge is 0.408 e. The predicted octanol–water partition coefficient (Wildman–Crippen LogP) is 1.88. The van der Waals surface area contributed by atoms with Crippen LogP contribution in [0.25, 0.3) is 22.1 Å². The van der Waals surface area contributed by atoms with Crippen LogP contribution in [0.4, 0.5) is 5.82 Å². The van der Waals surface area contributed by atoms with E-state index in [2.05, 4.69) is 14.9 Å². The summed E-state index contributed by atoms with van der Waals surface area (Å²) in [5.41, 5.74) is 3.16. The van der Waals surface area contributed by atoms with Gasteiger partial charge in [0.1, 0.15) is 0 Å². The number of para-hydroxylation sites is 2. The molecule has 0 radical (unpaired) electrons. The summed E-state index contributed by atoms with van der Waals surface area (Å²) >= 11 is 0. The Morgan fingerprint density at radius 3 is 2.43 bits per heavy atom. The zero-order valence-electron chi connectivity index (χ0n) is 16.2. The molecular weight excluding hydrogens is 406 g/mol. The molecular formula is C20H19N5O4S. The van der Waals surface area contributed by atoms with Gasteiger partial charge >= 0.3 is 5.76 Å². The zero-order valence-corrected chi connectivity index (χ0v) is 17.0. The van der Waals surface area contributed by atoms with Crippen LogP contribution in [0.1, 0.15) is 5.69 Å². The molecule has 10 heteroatoms. The number of benzene rings is 2. The third-order valence-electron chi connectivity index (χ3n) is 5.29. The largest absolute Gasteiger partial charge is 0.417 e. The van der Waals surface area contributed by atoms with Crippen molar-refractivity contribution in [3.63, 3.8) is 0 Å². The van der Waals surface area contributed by atoms with Gasteiger partial charge in [-0.2, -0.15) is 4.31 Å². The first kappa shape index (κ1) is 18.8. The van der Waals surface area contributed by atoms with Crippen molar-refractivity contribution in [2.24, 2.45) is 0 Å². The Bertz CT molecular complexity index is 1420. The molecule has 0 atom stereocenters. The number of piperazine rings is 1. The summed E-state index contributed by atoms with van der Waals surface area (Å²) in [6, 6.07) is 12.1. The van der Waals surface area contributed by atoms with Gasteiger partial charge < -0.3 is 9.32 Å². The number of hydrogen-bond acceptors (Lipinski definition) is 7. The molecule has 0 aliphatic carbocycles. The molecule has 2 aromatic heterocycles. The van der Waals surface area contributed by atoms with Gasteiger partial charge in [0.25, 0.3) is 0 Å². The maximum atomic E-state index is 13.1. The van der Waals surface area contributed by atoms with Crippen LogP contribution in [-0.4, -0.2) is 53.9 Å². The fraction of sp³-hybridized carbons (Fsp3) is 0.250. The van der Waals surface area contributed by atoms with E-state index in [0.29, 0.717) is 31.7 Å². The first-order valence-electron chi connectivity index (χ1n) is 9.53. The molecule has 0 saturated carbocycles. The Kier molecular flexibility index (Phi) is 4.33. The summed E-state index contributed by atoms with van der Waals surface area (Å²) in [5, 5.41) is 0. The number of rotatable bonds is 3. The molecule has 3 heterocycles. The van der Waals surface area contributed by atoms with E-state index in [1.165, 1.54) is 22.5 Å². The van der Waals surface area contributed by atoms with Crippen LogP contribution in [0.2, 0.25) is 0 Å². The molecule has 1 aliphatic rings. The van der Waals surface area contributed by atoms with Crippen molar-refractivity contribution in [2.45, 2.75) is 11.8 Å². The molecule has 5 rings (SSSR count). The highest BCUT2D eigenvalue weighted by molar-refractivity contribution is 7.89. The van der Waals surface area contributed by atoms with Gasteiger partial charge in [-0.3, -0.25) is 4.98 Å². The quantitative estimate of drug-likeness (QED) is 0.533. The number of aryl methyl sites for hydroxylation is 1. The Balaban J connectivity index is 1.38. The van der Waals surface area contributed by atoms with Crippen molar-refractivity contribution in [3.8, 4) is 0 Å². The van der Waals surface area contributed by atoms with Gasteiger partial charge in [0.15, 0.2) is 11.4 Å². The first-order chi connectivity index (χ1) is 14.4. The van der Waals surface area contributed by atoms with Crippen LogP contribution in [0.5, 0.6) is 0 Å². The fourth-order valence-corrected chi connectivity index (χ4v) is 5.19. The summed E-state index contributed by atoms with van der Waals surface area (Å²) in [5.74, 6) is 0.168. The van der Waals surface area contributed by atoms with Crippen molar-refractivity contribution in [1.82, 2.24) is 19.3 Å². The molecule has 2 aromatic carbocycles. The Morgan fingerprint density at radius 1 is 1.00 bits per heavy atom. The van der Waals surface area contributed by atoms with Gasteiger partial charge in [0, 0.05) is 32.2 Å². The van der Waals surface area contributed by atoms with E-state index >= 15 is 0 Å². The van der Waals surface area contributed by atoms with E-state index in [-0.39, 0.29) is 10.5 Å². The molecule has 0 bridgehead atoms. The molecule has 0 unspecified atom stereocenters. The summed E-state index contributed by atoms with van der Waals surface area (Å²) < 4.78 is 32.6. The van der Waals surface area contributed by atoms with Crippen molar-refractivity contribution >= 4 is 38.0 Å². The van der Waals surface area contributed by atoms with Crippen LogP contribution < -0.4 is 10.7 Å². The third kappa shape index (κ3) is 3.14. The number of sulfonamides is 1. The van der Waals surface area contributed by atoms with Crippen molar-refractivity contribution in [1.29, 1.82) is 0 Å². The number of anilines is 1. The van der Waals surface area contributed by atoms with E-state index < -0.39 is 15.8 Å². The van der Waals surface area contributed by atoms with E-state index in [4.69, 9.17) is 9.40 Å². The van der Waals surface area contributed by atoms with Crippen LogP contribution in [0, 0.1) is 6.92 Å². The van der Waals surface area contributed by atoms with Gasteiger partial charge in [0.05, 0.1) is 27.1 Å². The Morgan fingerprint density at radius 2 is 1.70 bits per heavy atom. The van der Waals surface area contributed by atoms with E-state index in [0.717, 1.165) is 22.5 Å². The van der Waals surface area contributed by atoms with Crippen LogP contribution in [-0.2, 0) is 10.0 Å². The maximum Gasteiger partial charge on any atom is 0.417 e. The minimum absolute atomic E-state index is 0.105. The topological polar surface area (TPSA) is 112 Å². The van der Waals surface area contributed by atoms with E-state index in [1.807, 2.05) is 31.2 Å². The summed E-state index contributed by atoms with van der Waals surface area (Å²) in [6.45, 7) is 3.58. The number of hydrogen-bond donors (Lipinski definition) is 1. The lowest BCUT2D eigenvalue weighted by Crippen LogP contribution is -2.49. The normalized spacial score (nSPS) is 15.8. The molecule has 4 aromatic rings. The summed E-state index contributed by atoms with van der Waals surface area (Å²) in [7, 11) is -3.70. The molecule has 1 saturated heterocycles. The second-order valence-corrected chi connectivity index (χ2v) is 9.12. The van der Waals surface area contributed by atoms with Crippen LogP contribution in [0.15, 0.2) is 56.6 Å². The lowest BCUT2D eigenvalue weighted by Gasteiger charge is -2.35. The van der Waals surface area contributed by atoms with Crippen LogP contribution in [0.3, 0.4) is 0 Å². The van der Waals surface area contributed by atoms with Gasteiger partial charge in [-0.15, -0.1) is 0 Å². The second kappa shape index (κ2) is 6.92. The molecule has 1 aliphatic heterocycles. The summed E-state index contributed by atoms with van der Waals surface area (Å²) in [6.07, 6.45) is 0. The van der Waals surface area contributed by atoms with Gasteiger partial charge in [0.2, 0.25) is 10.0 Å². The SMILES string of the molecule is Cc1nc2ccccc2nc1N1CCN(S(=O)(=O)c2ccc3[nH]c(=O)oc3c2)CC1. The molecule has 154 valence electrons. The second-order valence-electron chi connectivity index (χ2n) is 7.18. The van der Waals surface area contributed by atoms with E-state index in [1.54, 1.807) is 0 Å². The fourth-order valence-electron chi connectivity index (χ4n) is 3.75. The number of aromatic amines is 1. The molecule has 1 fully saturated rings. The molecule has 0 spiro atoms. The number of fused-ring (bicyclic) bond motifs is 2. The lowest BCUT2D eigenvalue weighted by atomic mass is 10.2. The molecule has 0 amide bonds. The number of oxazole rings is 1. The van der Waals surface area contributed by atoms with Crippen LogP contribution >= 0.6 is 0 Å². The maximum absolute atomic E-state index is 13.1. The minimum Gasteiger partial charge on any atom is -0.408 e. The lowest BCUT2D eigenvalue weighted by molar-refractivity contribution is 0.383. The average molecular weight is 425 g/mol. The molecule has 1 N–H and O–H groups in total. The number of aromatic nitrogens is 3. The van der Waals surface area contributed by atoms with Gasteiger partial charge in [-0.1, -0.05) is 12.1 Å². The predicted molar refractivity (Wildman–Crippen MR) is 112 cm³/mol. The van der Waals surface area contributed by atoms with Crippen molar-refractivity contribution < 1.29 is 12.8 Å². The van der Waals surface area contributed by atoms with Gasteiger partial charge in [-0.25, -0.2) is 23.2 Å². The van der Waals surface area contributed by atoms with Crippen molar-refractivity contribution in [2.75, 3.05) is 31.1 Å². The summed E-state index contributed by atoms with van der Waals surface area (Å²) in [4.78, 5) is 25.4. The Hall–Kier alpha value is -3.24. The van der Waals surface area contributed by atoms with Gasteiger partial charge in [-0.05, 0) is 31.2 Å². The Labute approximate surface area is 172 Å². The first-order valence-corrected chi connectivity index (χ1v) is 11.0. The highest BCUT2D eigenvalue weighted by atomic mass is 32.2. The standard InChI is InChI=1S/C20H19N5O4S/c1-13-19(22-16-5-3-2-4-15(16)21-13)24-8-10-25(11-9-24)30(27,28)14-6-7-17-18(12-14)29-20(26)23-17/h2-7,12H,8-11H2,1H3,(H,23,26). The third-order valence-corrected chi connectivity index (χ3v) is 7.18. The number of H-pyrrole nitrogens is 1. The average Bonchev–Trinajstić information content (AvgIpc) is 3.12. The molecule has 9 nitrogen and oxygen atoms in total. The monoisotopic (exact) mass is 425 g/mol. The number of nitrogens with one attached hydrogen (secondary N) is 1. The zero-order chi connectivity index (χ0) is 20.9. The highest BCUT2D eigenvalue weighted by Crippen LogP contribution is 2.25. The highest BCUT2D eigenvalue weighted by Gasteiger charge is 2.30.